The van der Waals surface area contributed by atoms with E-state index in [4.69, 9.17) is 0 Å². The lowest BCUT2D eigenvalue weighted by Crippen LogP contribution is -2.44. The second kappa shape index (κ2) is 6.86. The van der Waals surface area contributed by atoms with Crippen LogP contribution in [0.3, 0.4) is 0 Å². The van der Waals surface area contributed by atoms with Crippen LogP contribution >= 0.6 is 0 Å². The van der Waals surface area contributed by atoms with Crippen molar-refractivity contribution >= 4 is 5.91 Å². The fourth-order valence-electron chi connectivity index (χ4n) is 1.60. The molecule has 0 saturated heterocycles. The van der Waals surface area contributed by atoms with E-state index in [0.717, 1.165) is 12.8 Å². The van der Waals surface area contributed by atoms with Crippen LogP contribution in [0.2, 0.25) is 0 Å². The van der Waals surface area contributed by atoms with Crippen molar-refractivity contribution in [1.29, 1.82) is 0 Å². The molecule has 0 aliphatic heterocycles. The number of carbonyl (C=O) groups is 1. The van der Waals surface area contributed by atoms with Gasteiger partial charge in [-0.05, 0) is 33.1 Å². The summed E-state index contributed by atoms with van der Waals surface area (Å²) in [5.41, 5.74) is 0. The maximum absolute atomic E-state index is 11.8. The zero-order valence-corrected chi connectivity index (χ0v) is 10.0. The van der Waals surface area contributed by atoms with Gasteiger partial charge >= 0.3 is 0 Å². The molecule has 0 aliphatic carbocycles. The van der Waals surface area contributed by atoms with Crippen molar-refractivity contribution in [3.05, 3.63) is 6.92 Å². The second-order valence-corrected chi connectivity index (χ2v) is 3.92. The fourth-order valence-corrected chi connectivity index (χ4v) is 1.60. The maximum Gasteiger partial charge on any atom is 0.223 e. The third-order valence-corrected chi connectivity index (χ3v) is 2.81. The molecule has 0 rings (SSSR count). The summed E-state index contributed by atoms with van der Waals surface area (Å²) in [6.45, 7) is 12.2. The molecule has 2 heteroatoms. The summed E-state index contributed by atoms with van der Waals surface area (Å²) < 4.78 is 0. The van der Waals surface area contributed by atoms with Gasteiger partial charge in [-0.25, -0.2) is 0 Å². The van der Waals surface area contributed by atoms with Crippen molar-refractivity contribution < 1.29 is 4.79 Å². The zero-order valence-electron chi connectivity index (χ0n) is 10.0. The molecule has 0 aliphatic rings. The van der Waals surface area contributed by atoms with Gasteiger partial charge in [-0.2, -0.15) is 0 Å². The lowest BCUT2D eigenvalue weighted by Gasteiger charge is -2.34. The minimum atomic E-state index is 0.253. The third kappa shape index (κ3) is 3.69. The monoisotopic (exact) mass is 198 g/mol. The maximum atomic E-state index is 11.8. The Labute approximate surface area is 88.7 Å². The predicted molar refractivity (Wildman–Crippen MR) is 60.9 cm³/mol. The van der Waals surface area contributed by atoms with Gasteiger partial charge in [-0.3, -0.25) is 4.79 Å². The van der Waals surface area contributed by atoms with Gasteiger partial charge < -0.3 is 4.90 Å². The highest BCUT2D eigenvalue weighted by Gasteiger charge is 2.22. The number of rotatable bonds is 6. The average Bonchev–Trinajstić information content (AvgIpc) is 2.17. The summed E-state index contributed by atoms with van der Waals surface area (Å²) >= 11 is 0. The summed E-state index contributed by atoms with van der Waals surface area (Å²) in [6, 6.07) is 0.702. The van der Waals surface area contributed by atoms with E-state index < -0.39 is 0 Å². The van der Waals surface area contributed by atoms with Crippen molar-refractivity contribution in [3.63, 3.8) is 0 Å². The van der Waals surface area contributed by atoms with E-state index in [9.17, 15) is 4.79 Å². The first kappa shape index (κ1) is 13.5. The van der Waals surface area contributed by atoms with Crippen molar-refractivity contribution in [3.8, 4) is 0 Å². The van der Waals surface area contributed by atoms with E-state index in [1.807, 2.05) is 4.90 Å². The third-order valence-electron chi connectivity index (χ3n) is 2.81. The molecule has 2 atom stereocenters. The van der Waals surface area contributed by atoms with Crippen LogP contribution in [0.25, 0.3) is 0 Å². The van der Waals surface area contributed by atoms with Crippen LogP contribution in [-0.2, 0) is 4.79 Å². The van der Waals surface area contributed by atoms with Crippen molar-refractivity contribution in [1.82, 2.24) is 4.90 Å². The molecule has 0 aromatic heterocycles. The molecule has 0 aromatic carbocycles. The Bertz CT molecular complexity index is 158. The van der Waals surface area contributed by atoms with Crippen LogP contribution in [0, 0.1) is 6.92 Å². The highest BCUT2D eigenvalue weighted by molar-refractivity contribution is 5.76. The highest BCUT2D eigenvalue weighted by Crippen LogP contribution is 2.13. The van der Waals surface area contributed by atoms with Crippen molar-refractivity contribution in [2.45, 2.75) is 65.5 Å². The summed E-state index contributed by atoms with van der Waals surface area (Å²) in [5, 5.41) is 0. The highest BCUT2D eigenvalue weighted by atomic mass is 16.2. The first-order chi connectivity index (χ1) is 6.58. The van der Waals surface area contributed by atoms with E-state index in [2.05, 4.69) is 34.6 Å². The Morgan fingerprint density at radius 2 is 1.64 bits per heavy atom. The fraction of sp³-hybridized carbons (Fsp3) is 0.833. The van der Waals surface area contributed by atoms with Gasteiger partial charge in [0.2, 0.25) is 5.91 Å². The molecule has 0 spiro atoms. The number of hydrogen-bond donors (Lipinski definition) is 0. The summed E-state index contributed by atoms with van der Waals surface area (Å²) in [4.78, 5) is 13.8. The molecule has 0 fully saturated rings. The second-order valence-electron chi connectivity index (χ2n) is 3.92. The molecule has 1 amide bonds. The van der Waals surface area contributed by atoms with Gasteiger partial charge in [-0.1, -0.05) is 20.8 Å². The van der Waals surface area contributed by atoms with Gasteiger partial charge in [0.25, 0.3) is 0 Å². The van der Waals surface area contributed by atoms with E-state index in [-0.39, 0.29) is 5.91 Å². The van der Waals surface area contributed by atoms with Gasteiger partial charge in [0.05, 0.1) is 0 Å². The Hall–Kier alpha value is -0.530. The Morgan fingerprint density at radius 1 is 1.21 bits per heavy atom. The van der Waals surface area contributed by atoms with Crippen LogP contribution in [0.15, 0.2) is 0 Å². The van der Waals surface area contributed by atoms with Gasteiger partial charge in [0.1, 0.15) is 0 Å². The SMILES string of the molecule is [CH2]CCC(=O)N(C(C)CC)C(C)CC. The number of nitrogens with zero attached hydrogens (tertiary/aromatic N) is 1. The lowest BCUT2D eigenvalue weighted by molar-refractivity contribution is -0.135. The van der Waals surface area contributed by atoms with Crippen LogP contribution < -0.4 is 0 Å². The van der Waals surface area contributed by atoms with Crippen molar-refractivity contribution in [2.75, 3.05) is 0 Å². The van der Waals surface area contributed by atoms with E-state index in [1.165, 1.54) is 0 Å². The largest absolute Gasteiger partial charge is 0.337 e. The lowest BCUT2D eigenvalue weighted by atomic mass is 10.1. The van der Waals surface area contributed by atoms with E-state index in [1.54, 1.807) is 0 Å². The van der Waals surface area contributed by atoms with Gasteiger partial charge in [0, 0.05) is 18.5 Å². The molecule has 0 bridgehead atoms. The Kier molecular flexibility index (Phi) is 6.60. The molecular formula is C12H24NO. The summed E-state index contributed by atoms with van der Waals surface area (Å²) in [6.07, 6.45) is 3.32. The van der Waals surface area contributed by atoms with Crippen LogP contribution in [0.1, 0.15) is 53.4 Å². The number of carbonyl (C=O) groups excluding carboxylic acids is 1. The zero-order chi connectivity index (χ0) is 11.1. The van der Waals surface area contributed by atoms with Crippen molar-refractivity contribution in [2.24, 2.45) is 0 Å². The van der Waals surface area contributed by atoms with Gasteiger partial charge in [0.15, 0.2) is 0 Å². The standard InChI is InChI=1S/C12H24NO/c1-6-9-12(14)13(10(4)7-2)11(5)8-3/h10-11H,1,6-9H2,2-5H3. The first-order valence-electron chi connectivity index (χ1n) is 5.68. The molecule has 2 unspecified atom stereocenters. The quantitative estimate of drug-likeness (QED) is 0.642. The number of amides is 1. The molecule has 0 N–H and O–H groups in total. The summed E-state index contributed by atoms with van der Waals surface area (Å²) in [5.74, 6) is 0.253. The molecule has 14 heavy (non-hydrogen) atoms. The predicted octanol–water partition coefficient (Wildman–Crippen LogP) is 3.03. The Balaban J connectivity index is 4.45. The van der Waals surface area contributed by atoms with Gasteiger partial charge in [-0.15, -0.1) is 0 Å². The van der Waals surface area contributed by atoms with Crippen LogP contribution in [-0.4, -0.2) is 22.9 Å². The topological polar surface area (TPSA) is 20.3 Å². The normalized spacial score (nSPS) is 14.9. The molecular weight excluding hydrogens is 174 g/mol. The molecule has 2 nitrogen and oxygen atoms in total. The molecule has 1 radical (unpaired) electrons. The number of hydrogen-bond acceptors (Lipinski definition) is 1. The van der Waals surface area contributed by atoms with Crippen LogP contribution in [0.5, 0.6) is 0 Å². The minimum absolute atomic E-state index is 0.253. The van der Waals surface area contributed by atoms with Crippen LogP contribution in [0.4, 0.5) is 0 Å². The minimum Gasteiger partial charge on any atom is -0.337 e. The molecule has 0 aromatic rings. The molecule has 0 heterocycles. The summed E-state index contributed by atoms with van der Waals surface area (Å²) in [7, 11) is 0. The van der Waals surface area contributed by atoms with E-state index >= 15 is 0 Å². The average molecular weight is 198 g/mol. The Morgan fingerprint density at radius 3 is 1.93 bits per heavy atom. The van der Waals surface area contributed by atoms with E-state index in [0.29, 0.717) is 24.9 Å². The molecule has 0 saturated carbocycles. The molecule has 83 valence electrons. The first-order valence-corrected chi connectivity index (χ1v) is 5.68. The smallest absolute Gasteiger partial charge is 0.223 e.